The van der Waals surface area contributed by atoms with Gasteiger partial charge in [-0.25, -0.2) is 8.42 Å². The fourth-order valence-electron chi connectivity index (χ4n) is 1.10. The Morgan fingerprint density at radius 3 is 2.36 bits per heavy atom. The van der Waals surface area contributed by atoms with Crippen LogP contribution in [0.4, 0.5) is 0 Å². The number of hydrogen-bond acceptors (Lipinski definition) is 3. The summed E-state index contributed by atoms with van der Waals surface area (Å²) >= 11 is 2.06. The summed E-state index contributed by atoms with van der Waals surface area (Å²) in [5, 5.41) is 0. The van der Waals surface area contributed by atoms with Gasteiger partial charge in [0, 0.05) is 22.2 Å². The molecule has 0 unspecified atom stereocenters. The van der Waals surface area contributed by atoms with Gasteiger partial charge >= 0.3 is 0 Å². The Morgan fingerprint density at radius 2 is 1.93 bits per heavy atom. The zero-order chi connectivity index (χ0) is 10.9. The van der Waals surface area contributed by atoms with Crippen LogP contribution in [-0.2, 0) is 9.84 Å². The Kier molecular flexibility index (Phi) is 3.52. The lowest BCUT2D eigenvalue weighted by Gasteiger charge is -2.10. The lowest BCUT2D eigenvalue weighted by atomic mass is 10.1. The third kappa shape index (κ3) is 2.44. The minimum atomic E-state index is -3.16. The molecule has 0 N–H and O–H groups in total. The fraction of sp³-hybridized carbons (Fsp3) is 0.444. The van der Waals surface area contributed by atoms with Crippen molar-refractivity contribution in [2.45, 2.75) is 24.7 Å². The van der Waals surface area contributed by atoms with Crippen LogP contribution in [0.1, 0.15) is 25.3 Å². The third-order valence-electron chi connectivity index (χ3n) is 1.90. The van der Waals surface area contributed by atoms with Crippen molar-refractivity contribution in [2.24, 2.45) is 0 Å². The van der Waals surface area contributed by atoms with Gasteiger partial charge in [-0.15, -0.1) is 0 Å². The second kappa shape index (κ2) is 4.14. The Bertz CT molecular complexity index is 440. The molecule has 0 bridgehead atoms. The van der Waals surface area contributed by atoms with Crippen LogP contribution in [0.3, 0.4) is 0 Å². The van der Waals surface area contributed by atoms with E-state index in [1.807, 2.05) is 13.8 Å². The zero-order valence-electron chi connectivity index (χ0n) is 8.28. The molecule has 0 saturated carbocycles. The first-order chi connectivity index (χ1) is 6.34. The first-order valence-corrected chi connectivity index (χ1v) is 7.14. The van der Waals surface area contributed by atoms with E-state index in [-0.39, 0.29) is 5.92 Å². The highest BCUT2D eigenvalue weighted by molar-refractivity contribution is 14.1. The molecule has 0 spiro atoms. The van der Waals surface area contributed by atoms with Gasteiger partial charge in [-0.2, -0.15) is 0 Å². The van der Waals surface area contributed by atoms with Crippen LogP contribution in [-0.4, -0.2) is 19.7 Å². The van der Waals surface area contributed by atoms with Crippen molar-refractivity contribution in [1.29, 1.82) is 0 Å². The van der Waals surface area contributed by atoms with E-state index in [4.69, 9.17) is 0 Å². The molecule has 5 heteroatoms. The van der Waals surface area contributed by atoms with Crippen LogP contribution >= 0.6 is 22.6 Å². The summed E-state index contributed by atoms with van der Waals surface area (Å²) in [5.74, 6) is 0.288. The Morgan fingerprint density at radius 1 is 1.36 bits per heavy atom. The van der Waals surface area contributed by atoms with E-state index in [0.29, 0.717) is 4.90 Å². The predicted octanol–water partition coefficient (Wildman–Crippen LogP) is 2.21. The van der Waals surface area contributed by atoms with Gasteiger partial charge < -0.3 is 0 Å². The topological polar surface area (TPSA) is 47.0 Å². The van der Waals surface area contributed by atoms with Crippen LogP contribution in [0, 0.1) is 3.57 Å². The average Bonchev–Trinajstić information content (AvgIpc) is 2.01. The van der Waals surface area contributed by atoms with Crippen molar-refractivity contribution in [3.63, 3.8) is 0 Å². The quantitative estimate of drug-likeness (QED) is 0.784. The monoisotopic (exact) mass is 325 g/mol. The van der Waals surface area contributed by atoms with Crippen molar-refractivity contribution < 1.29 is 8.42 Å². The largest absolute Gasteiger partial charge is 0.263 e. The third-order valence-corrected chi connectivity index (χ3v) is 4.58. The van der Waals surface area contributed by atoms with E-state index in [1.165, 1.54) is 12.5 Å². The highest BCUT2D eigenvalue weighted by Crippen LogP contribution is 2.25. The van der Waals surface area contributed by atoms with Crippen LogP contribution < -0.4 is 0 Å². The lowest BCUT2D eigenvalue weighted by molar-refractivity contribution is 0.600. The number of nitrogens with zero attached hydrogens (tertiary/aromatic N) is 1. The first-order valence-electron chi connectivity index (χ1n) is 4.17. The zero-order valence-corrected chi connectivity index (χ0v) is 11.3. The van der Waals surface area contributed by atoms with Crippen molar-refractivity contribution in [3.05, 3.63) is 21.5 Å². The maximum absolute atomic E-state index is 11.4. The number of sulfone groups is 1. The van der Waals surface area contributed by atoms with E-state index < -0.39 is 9.84 Å². The molecule has 0 aliphatic heterocycles. The van der Waals surface area contributed by atoms with Gasteiger partial charge in [-0.05, 0) is 34.1 Å². The maximum atomic E-state index is 11.4. The summed E-state index contributed by atoms with van der Waals surface area (Å²) in [6.45, 7) is 4.04. The second-order valence-corrected chi connectivity index (χ2v) is 6.53. The molecule has 0 aromatic carbocycles. The van der Waals surface area contributed by atoms with Gasteiger partial charge in [0.05, 0.1) is 4.90 Å². The Labute approximate surface area is 98.0 Å². The SMILES string of the molecule is CC(C)c1cncc(S(C)(=O)=O)c1I. The van der Waals surface area contributed by atoms with Crippen LogP contribution in [0.5, 0.6) is 0 Å². The minimum Gasteiger partial charge on any atom is -0.263 e. The number of halogens is 1. The van der Waals surface area contributed by atoms with Gasteiger partial charge in [0.2, 0.25) is 0 Å². The average molecular weight is 325 g/mol. The predicted molar refractivity (Wildman–Crippen MR) is 64.2 cm³/mol. The lowest BCUT2D eigenvalue weighted by Crippen LogP contribution is -2.04. The summed E-state index contributed by atoms with van der Waals surface area (Å²) in [6.07, 6.45) is 4.33. The van der Waals surface area contributed by atoms with Gasteiger partial charge in [-0.1, -0.05) is 13.8 Å². The second-order valence-electron chi connectivity index (χ2n) is 3.47. The van der Waals surface area contributed by atoms with Crippen LogP contribution in [0.15, 0.2) is 17.3 Å². The van der Waals surface area contributed by atoms with E-state index in [9.17, 15) is 8.42 Å². The smallest absolute Gasteiger partial charge is 0.178 e. The van der Waals surface area contributed by atoms with E-state index >= 15 is 0 Å². The molecular weight excluding hydrogens is 313 g/mol. The molecule has 78 valence electrons. The molecule has 1 aromatic rings. The number of aromatic nitrogens is 1. The maximum Gasteiger partial charge on any atom is 0.178 e. The van der Waals surface area contributed by atoms with Crippen LogP contribution in [0.2, 0.25) is 0 Å². The fourth-order valence-corrected chi connectivity index (χ4v) is 3.90. The molecule has 0 aliphatic rings. The van der Waals surface area contributed by atoms with E-state index in [2.05, 4.69) is 27.6 Å². The van der Waals surface area contributed by atoms with Crippen molar-refractivity contribution in [2.75, 3.05) is 6.26 Å². The van der Waals surface area contributed by atoms with Gasteiger partial charge in [-0.3, -0.25) is 4.98 Å². The summed E-state index contributed by atoms with van der Waals surface area (Å²) in [6, 6.07) is 0. The molecule has 1 aromatic heterocycles. The highest BCUT2D eigenvalue weighted by Gasteiger charge is 2.16. The number of pyridine rings is 1. The van der Waals surface area contributed by atoms with Gasteiger partial charge in [0.1, 0.15) is 0 Å². The molecule has 0 aliphatic carbocycles. The normalized spacial score (nSPS) is 12.1. The molecule has 0 atom stereocenters. The molecule has 0 amide bonds. The van der Waals surface area contributed by atoms with Crippen LogP contribution in [0.25, 0.3) is 0 Å². The summed E-state index contributed by atoms with van der Waals surface area (Å²) in [5.41, 5.74) is 0.980. The molecule has 3 nitrogen and oxygen atoms in total. The molecule has 0 radical (unpaired) electrons. The molecular formula is C9H12INO2S. The summed E-state index contributed by atoms with van der Waals surface area (Å²) in [4.78, 5) is 4.27. The number of hydrogen-bond donors (Lipinski definition) is 0. The Balaban J connectivity index is 3.43. The Hall–Kier alpha value is -0.170. The van der Waals surface area contributed by atoms with Crippen molar-refractivity contribution in [3.8, 4) is 0 Å². The van der Waals surface area contributed by atoms with E-state index in [1.54, 1.807) is 6.20 Å². The molecule has 0 fully saturated rings. The van der Waals surface area contributed by atoms with Crippen molar-refractivity contribution >= 4 is 32.4 Å². The molecule has 1 heterocycles. The first kappa shape index (κ1) is 11.9. The minimum absolute atomic E-state index is 0.288. The van der Waals surface area contributed by atoms with Gasteiger partial charge in [0.25, 0.3) is 0 Å². The standard InChI is InChI=1S/C9H12INO2S/c1-6(2)7-4-11-5-8(9(7)10)14(3,12)13/h4-6H,1-3H3. The summed E-state index contributed by atoms with van der Waals surface area (Å²) < 4.78 is 23.6. The molecule has 1 rings (SSSR count). The molecule has 0 saturated heterocycles. The highest BCUT2D eigenvalue weighted by atomic mass is 127. The number of rotatable bonds is 2. The van der Waals surface area contributed by atoms with Crippen molar-refractivity contribution in [1.82, 2.24) is 4.98 Å². The van der Waals surface area contributed by atoms with Gasteiger partial charge in [0.15, 0.2) is 9.84 Å². The van der Waals surface area contributed by atoms with E-state index in [0.717, 1.165) is 9.13 Å². The summed E-state index contributed by atoms with van der Waals surface area (Å²) in [7, 11) is -3.16. The molecule has 14 heavy (non-hydrogen) atoms.